The lowest BCUT2D eigenvalue weighted by atomic mass is 9.97. The zero-order valence-electron chi connectivity index (χ0n) is 16.8. The highest BCUT2D eigenvalue weighted by atomic mass is 35.5. The number of rotatable bonds is 4. The monoisotopic (exact) mass is 401 g/mol. The zero-order chi connectivity index (χ0) is 20.4. The molecule has 0 amide bonds. The number of benzene rings is 2. The van der Waals surface area contributed by atoms with E-state index in [1.165, 1.54) is 5.57 Å². The second kappa shape index (κ2) is 8.22. The minimum absolute atomic E-state index is 0.642. The molecule has 1 aromatic heterocycles. The van der Waals surface area contributed by atoms with Gasteiger partial charge in [0.15, 0.2) is 5.82 Å². The van der Waals surface area contributed by atoms with Crippen LogP contribution >= 0.6 is 11.6 Å². The van der Waals surface area contributed by atoms with Gasteiger partial charge in [-0.25, -0.2) is 9.97 Å². The van der Waals surface area contributed by atoms with Gasteiger partial charge in [-0.15, -0.1) is 0 Å². The Bertz CT molecular complexity index is 1140. The van der Waals surface area contributed by atoms with Gasteiger partial charge in [0, 0.05) is 23.2 Å². The average Bonchev–Trinajstić information content (AvgIpc) is 2.73. The van der Waals surface area contributed by atoms with Gasteiger partial charge < -0.3 is 4.90 Å². The smallest absolute Gasteiger partial charge is 0.163 e. The van der Waals surface area contributed by atoms with E-state index >= 15 is 0 Å². The van der Waals surface area contributed by atoms with E-state index in [1.54, 1.807) is 0 Å². The molecule has 0 aliphatic carbocycles. The summed E-state index contributed by atoms with van der Waals surface area (Å²) >= 11 is 6.47. The van der Waals surface area contributed by atoms with Crippen LogP contribution in [-0.2, 0) is 0 Å². The van der Waals surface area contributed by atoms with Gasteiger partial charge in [-0.1, -0.05) is 54.6 Å². The summed E-state index contributed by atoms with van der Waals surface area (Å²) in [6.45, 7) is 9.28. The standard InChI is InChI=1S/C25H24ClN3/c1-4-10-18-11-9-16-29(23(18)17(2)3)25-20-13-6-8-15-22(20)27-24(28-25)19-12-5-7-14-21(19)26/h4-8,10,12-15H,2,9,11,16H2,1,3H3. The molecule has 4 heteroatoms. The molecule has 0 unspecified atom stereocenters. The topological polar surface area (TPSA) is 29.0 Å². The van der Waals surface area contributed by atoms with Crippen molar-refractivity contribution in [2.45, 2.75) is 26.7 Å². The summed E-state index contributed by atoms with van der Waals surface area (Å²) in [5, 5.41) is 1.68. The highest BCUT2D eigenvalue weighted by Gasteiger charge is 2.24. The van der Waals surface area contributed by atoms with Crippen LogP contribution in [0.2, 0.25) is 5.02 Å². The first kappa shape index (κ1) is 19.4. The molecule has 2 aromatic carbocycles. The number of para-hydroxylation sites is 1. The summed E-state index contributed by atoms with van der Waals surface area (Å²) < 4.78 is 0. The number of anilines is 1. The number of hydrogen-bond donors (Lipinski definition) is 0. The van der Waals surface area contributed by atoms with Crippen LogP contribution in [-0.4, -0.2) is 16.5 Å². The SMILES string of the molecule is C=C(C)C1=C(C=CC)CCCN1c1nc(-c2ccccc2Cl)nc2ccccc12. The minimum Gasteiger partial charge on any atom is -0.325 e. The van der Waals surface area contributed by atoms with E-state index < -0.39 is 0 Å². The van der Waals surface area contributed by atoms with Gasteiger partial charge in [0.2, 0.25) is 0 Å². The summed E-state index contributed by atoms with van der Waals surface area (Å²) in [7, 11) is 0. The molecule has 1 aliphatic rings. The number of nitrogens with zero attached hydrogens (tertiary/aromatic N) is 3. The molecule has 0 saturated heterocycles. The van der Waals surface area contributed by atoms with Crippen molar-refractivity contribution >= 4 is 28.3 Å². The summed E-state index contributed by atoms with van der Waals surface area (Å²) in [6, 6.07) is 15.9. The molecule has 0 radical (unpaired) electrons. The lowest BCUT2D eigenvalue weighted by molar-refractivity contribution is 0.732. The number of aromatic nitrogens is 2. The van der Waals surface area contributed by atoms with Crippen LogP contribution in [0.3, 0.4) is 0 Å². The average molecular weight is 402 g/mol. The molecular formula is C25H24ClN3. The Hall–Kier alpha value is -2.91. The van der Waals surface area contributed by atoms with Gasteiger partial charge in [-0.05, 0) is 62.1 Å². The fourth-order valence-electron chi connectivity index (χ4n) is 3.94. The zero-order valence-corrected chi connectivity index (χ0v) is 17.6. The molecule has 0 fully saturated rings. The van der Waals surface area contributed by atoms with Crippen LogP contribution in [0.25, 0.3) is 22.3 Å². The van der Waals surface area contributed by atoms with Gasteiger partial charge in [0.25, 0.3) is 0 Å². The van der Waals surface area contributed by atoms with Crippen molar-refractivity contribution in [1.29, 1.82) is 0 Å². The minimum atomic E-state index is 0.642. The Morgan fingerprint density at radius 1 is 1.10 bits per heavy atom. The highest BCUT2D eigenvalue weighted by Crippen LogP contribution is 2.37. The maximum atomic E-state index is 6.47. The van der Waals surface area contributed by atoms with Crippen molar-refractivity contribution in [3.8, 4) is 11.4 Å². The normalized spacial score (nSPS) is 14.8. The van der Waals surface area contributed by atoms with E-state index in [9.17, 15) is 0 Å². The predicted molar refractivity (Wildman–Crippen MR) is 123 cm³/mol. The quantitative estimate of drug-likeness (QED) is 0.473. The Balaban J connectivity index is 1.99. The van der Waals surface area contributed by atoms with Crippen LogP contribution < -0.4 is 4.90 Å². The molecule has 4 rings (SSSR count). The van der Waals surface area contributed by atoms with Crippen LogP contribution in [0.1, 0.15) is 26.7 Å². The van der Waals surface area contributed by atoms with Gasteiger partial charge in [-0.3, -0.25) is 0 Å². The lowest BCUT2D eigenvalue weighted by Crippen LogP contribution is -2.30. The van der Waals surface area contributed by atoms with E-state index in [2.05, 4.69) is 43.5 Å². The third kappa shape index (κ3) is 3.70. The third-order valence-corrected chi connectivity index (χ3v) is 5.46. The largest absolute Gasteiger partial charge is 0.325 e. The van der Waals surface area contributed by atoms with Crippen molar-refractivity contribution in [3.63, 3.8) is 0 Å². The van der Waals surface area contributed by atoms with Gasteiger partial charge in [0.1, 0.15) is 5.82 Å². The maximum Gasteiger partial charge on any atom is 0.163 e. The van der Waals surface area contributed by atoms with Crippen molar-refractivity contribution in [2.24, 2.45) is 0 Å². The summed E-state index contributed by atoms with van der Waals surface area (Å²) in [5.74, 6) is 1.55. The molecule has 2 heterocycles. The third-order valence-electron chi connectivity index (χ3n) is 5.13. The molecule has 1 aliphatic heterocycles. The molecule has 0 saturated carbocycles. The highest BCUT2D eigenvalue weighted by molar-refractivity contribution is 6.33. The number of allylic oxidation sites excluding steroid dienone is 4. The molecule has 0 spiro atoms. The van der Waals surface area contributed by atoms with E-state index in [4.69, 9.17) is 21.6 Å². The Morgan fingerprint density at radius 2 is 1.86 bits per heavy atom. The van der Waals surface area contributed by atoms with Gasteiger partial charge >= 0.3 is 0 Å². The molecule has 3 aromatic rings. The van der Waals surface area contributed by atoms with Crippen molar-refractivity contribution in [1.82, 2.24) is 9.97 Å². The predicted octanol–water partition coefficient (Wildman–Crippen LogP) is 6.96. The Morgan fingerprint density at radius 3 is 2.62 bits per heavy atom. The van der Waals surface area contributed by atoms with E-state index in [-0.39, 0.29) is 0 Å². The summed E-state index contributed by atoms with van der Waals surface area (Å²) in [4.78, 5) is 12.1. The number of hydrogen-bond acceptors (Lipinski definition) is 3. The van der Waals surface area contributed by atoms with Crippen molar-refractivity contribution in [2.75, 3.05) is 11.4 Å². The Kier molecular flexibility index (Phi) is 5.50. The lowest BCUT2D eigenvalue weighted by Gasteiger charge is -2.33. The van der Waals surface area contributed by atoms with Crippen LogP contribution in [0.4, 0.5) is 5.82 Å². The number of halogens is 1. The molecule has 0 N–H and O–H groups in total. The molecule has 0 atom stereocenters. The van der Waals surface area contributed by atoms with Crippen LogP contribution in [0, 0.1) is 0 Å². The van der Waals surface area contributed by atoms with E-state index in [0.717, 1.165) is 52.9 Å². The Labute approximate surface area is 177 Å². The molecule has 29 heavy (non-hydrogen) atoms. The fraction of sp³-hybridized carbons (Fsp3) is 0.200. The van der Waals surface area contributed by atoms with Gasteiger partial charge in [-0.2, -0.15) is 0 Å². The molecule has 146 valence electrons. The van der Waals surface area contributed by atoms with Crippen molar-refractivity contribution < 1.29 is 0 Å². The van der Waals surface area contributed by atoms with E-state index in [1.807, 2.05) is 42.5 Å². The molecular weight excluding hydrogens is 378 g/mol. The first-order chi connectivity index (χ1) is 14.1. The summed E-state index contributed by atoms with van der Waals surface area (Å²) in [5.41, 5.74) is 5.25. The van der Waals surface area contributed by atoms with Crippen LogP contribution in [0.15, 0.2) is 84.1 Å². The maximum absolute atomic E-state index is 6.47. The van der Waals surface area contributed by atoms with Gasteiger partial charge in [0.05, 0.1) is 10.5 Å². The second-order valence-electron chi connectivity index (χ2n) is 7.28. The molecule has 3 nitrogen and oxygen atoms in total. The van der Waals surface area contributed by atoms with E-state index in [0.29, 0.717) is 10.8 Å². The first-order valence-corrected chi connectivity index (χ1v) is 10.3. The second-order valence-corrected chi connectivity index (χ2v) is 7.68. The summed E-state index contributed by atoms with van der Waals surface area (Å²) in [6.07, 6.45) is 6.39. The van der Waals surface area contributed by atoms with Crippen molar-refractivity contribution in [3.05, 3.63) is 89.1 Å². The molecule has 0 bridgehead atoms. The van der Waals surface area contributed by atoms with Crippen LogP contribution in [0.5, 0.6) is 0 Å². The first-order valence-electron chi connectivity index (χ1n) is 9.91. The number of fused-ring (bicyclic) bond motifs is 1. The fourth-order valence-corrected chi connectivity index (χ4v) is 4.16.